The second kappa shape index (κ2) is 9.65. The maximum Gasteiger partial charge on any atom is 0.407 e. The lowest BCUT2D eigenvalue weighted by Crippen LogP contribution is -2.25. The number of alkyl carbamates (subject to hydrolysis) is 1. The zero-order chi connectivity index (χ0) is 16.4. The van der Waals surface area contributed by atoms with Crippen molar-refractivity contribution in [3.63, 3.8) is 0 Å². The van der Waals surface area contributed by atoms with Crippen LogP contribution in [-0.4, -0.2) is 25.2 Å². The zero-order valence-corrected chi connectivity index (χ0v) is 13.1. The molecule has 6 nitrogen and oxygen atoms in total. The van der Waals surface area contributed by atoms with Gasteiger partial charge in [-0.2, -0.15) is 0 Å². The molecule has 6 heteroatoms. The molecule has 0 atom stereocenters. The van der Waals surface area contributed by atoms with E-state index in [1.165, 1.54) is 0 Å². The second-order valence-electron chi connectivity index (χ2n) is 5.44. The first-order chi connectivity index (χ1) is 10.5. The van der Waals surface area contributed by atoms with Gasteiger partial charge in [0.2, 0.25) is 0 Å². The molecule has 0 saturated heterocycles. The Labute approximate surface area is 131 Å². The van der Waals surface area contributed by atoms with E-state index in [4.69, 9.17) is 15.2 Å². The van der Waals surface area contributed by atoms with Crippen LogP contribution < -0.4 is 15.8 Å². The van der Waals surface area contributed by atoms with E-state index in [0.717, 1.165) is 18.4 Å². The number of rotatable bonds is 9. The quantitative estimate of drug-likeness (QED) is 0.684. The number of carbonyl (C=O) groups excluding carboxylic acids is 2. The van der Waals surface area contributed by atoms with Gasteiger partial charge in [0.15, 0.2) is 6.61 Å². The second-order valence-corrected chi connectivity index (χ2v) is 5.44. The predicted octanol–water partition coefficient (Wildman–Crippen LogP) is 2.21. The van der Waals surface area contributed by atoms with Gasteiger partial charge in [0.1, 0.15) is 12.4 Å². The molecule has 122 valence electrons. The van der Waals surface area contributed by atoms with Crippen molar-refractivity contribution < 1.29 is 19.1 Å². The Morgan fingerprint density at radius 1 is 1.32 bits per heavy atom. The minimum Gasteiger partial charge on any atom is -0.484 e. The molecule has 22 heavy (non-hydrogen) atoms. The van der Waals surface area contributed by atoms with Crippen molar-refractivity contribution in [2.45, 2.75) is 33.3 Å². The maximum absolute atomic E-state index is 11.5. The lowest BCUT2D eigenvalue weighted by Gasteiger charge is -2.09. The van der Waals surface area contributed by atoms with Crippen LogP contribution in [0.5, 0.6) is 5.75 Å². The first-order valence-electron chi connectivity index (χ1n) is 7.38. The van der Waals surface area contributed by atoms with Crippen LogP contribution in [0.4, 0.5) is 4.79 Å². The van der Waals surface area contributed by atoms with Gasteiger partial charge < -0.3 is 20.5 Å². The largest absolute Gasteiger partial charge is 0.484 e. The molecule has 0 aliphatic carbocycles. The highest BCUT2D eigenvalue weighted by Gasteiger charge is 2.04. The fourth-order valence-electron chi connectivity index (χ4n) is 1.78. The lowest BCUT2D eigenvalue weighted by atomic mass is 10.1. The summed E-state index contributed by atoms with van der Waals surface area (Å²) in [7, 11) is 0. The van der Waals surface area contributed by atoms with Crippen molar-refractivity contribution in [2.75, 3.05) is 13.2 Å². The van der Waals surface area contributed by atoms with Gasteiger partial charge in [0.05, 0.1) is 0 Å². The first kappa shape index (κ1) is 17.8. The van der Waals surface area contributed by atoms with Crippen molar-refractivity contribution in [1.29, 1.82) is 0 Å². The van der Waals surface area contributed by atoms with Crippen LogP contribution in [0.1, 0.15) is 32.3 Å². The van der Waals surface area contributed by atoms with Gasteiger partial charge in [-0.3, -0.25) is 4.79 Å². The molecule has 1 aromatic carbocycles. The van der Waals surface area contributed by atoms with Crippen molar-refractivity contribution in [1.82, 2.24) is 5.32 Å². The van der Waals surface area contributed by atoms with Gasteiger partial charge in [-0.15, -0.1) is 0 Å². The normalized spacial score (nSPS) is 10.3. The maximum atomic E-state index is 11.5. The number of amides is 2. The summed E-state index contributed by atoms with van der Waals surface area (Å²) in [5.74, 6) is 0.598. The Kier molecular flexibility index (Phi) is 7.81. The van der Waals surface area contributed by atoms with Gasteiger partial charge in [0.25, 0.3) is 5.91 Å². The summed E-state index contributed by atoms with van der Waals surface area (Å²) in [6.07, 6.45) is 1.56. The van der Waals surface area contributed by atoms with Crippen LogP contribution >= 0.6 is 0 Å². The molecule has 0 fully saturated rings. The Morgan fingerprint density at radius 3 is 2.77 bits per heavy atom. The molecule has 0 saturated carbocycles. The van der Waals surface area contributed by atoms with E-state index in [1.807, 2.05) is 6.07 Å². The molecule has 2 amide bonds. The Hall–Kier alpha value is -2.24. The highest BCUT2D eigenvalue weighted by atomic mass is 16.5. The van der Waals surface area contributed by atoms with Gasteiger partial charge in [-0.05, 0) is 36.5 Å². The minimum absolute atomic E-state index is 0.143. The number of benzene rings is 1. The standard InChI is InChI=1S/C16H24N2O4/c1-12(2)5-4-8-18-16(20)22-10-13-6-3-7-14(9-13)21-11-15(17)19/h3,6-7,9,12H,4-5,8,10-11H2,1-2H3,(H2,17,19)(H,18,20). The minimum atomic E-state index is -0.539. The summed E-state index contributed by atoms with van der Waals surface area (Å²) in [6.45, 7) is 4.86. The van der Waals surface area contributed by atoms with Crippen LogP contribution in [0, 0.1) is 5.92 Å². The summed E-state index contributed by atoms with van der Waals surface area (Å²) < 4.78 is 10.3. The molecule has 0 bridgehead atoms. The summed E-state index contributed by atoms with van der Waals surface area (Å²) in [6, 6.07) is 6.98. The van der Waals surface area contributed by atoms with E-state index in [9.17, 15) is 9.59 Å². The molecule has 0 aromatic heterocycles. The first-order valence-corrected chi connectivity index (χ1v) is 7.38. The number of carbonyl (C=O) groups is 2. The molecule has 1 rings (SSSR count). The number of ether oxygens (including phenoxy) is 2. The lowest BCUT2D eigenvalue weighted by molar-refractivity contribution is -0.119. The fraction of sp³-hybridized carbons (Fsp3) is 0.500. The van der Waals surface area contributed by atoms with E-state index in [1.54, 1.807) is 18.2 Å². The molecule has 0 heterocycles. The molecule has 1 aromatic rings. The van der Waals surface area contributed by atoms with Gasteiger partial charge in [0, 0.05) is 6.54 Å². The summed E-state index contributed by atoms with van der Waals surface area (Å²) in [5.41, 5.74) is 5.79. The molecular formula is C16H24N2O4. The number of hydrogen-bond donors (Lipinski definition) is 2. The smallest absolute Gasteiger partial charge is 0.407 e. The van der Waals surface area contributed by atoms with Crippen molar-refractivity contribution in [3.8, 4) is 5.75 Å². The summed E-state index contributed by atoms with van der Waals surface area (Å²) >= 11 is 0. The number of nitrogens with one attached hydrogen (secondary N) is 1. The average molecular weight is 308 g/mol. The molecule has 0 radical (unpaired) electrons. The summed E-state index contributed by atoms with van der Waals surface area (Å²) in [5, 5.41) is 2.71. The molecule has 0 aliphatic heterocycles. The van der Waals surface area contributed by atoms with Crippen LogP contribution in [0.25, 0.3) is 0 Å². The molecule has 3 N–H and O–H groups in total. The third-order valence-electron chi connectivity index (χ3n) is 2.88. The van der Waals surface area contributed by atoms with Crippen LogP contribution in [0.15, 0.2) is 24.3 Å². The topological polar surface area (TPSA) is 90.7 Å². The van der Waals surface area contributed by atoms with E-state index >= 15 is 0 Å². The third kappa shape index (κ3) is 8.14. The van der Waals surface area contributed by atoms with Crippen molar-refractivity contribution in [3.05, 3.63) is 29.8 Å². The molecular weight excluding hydrogens is 284 g/mol. The van der Waals surface area contributed by atoms with Crippen molar-refractivity contribution in [2.24, 2.45) is 11.7 Å². The molecule has 0 aliphatic rings. The Morgan fingerprint density at radius 2 is 2.09 bits per heavy atom. The van der Waals surface area contributed by atoms with Crippen molar-refractivity contribution >= 4 is 12.0 Å². The van der Waals surface area contributed by atoms with Crippen LogP contribution in [0.3, 0.4) is 0 Å². The van der Waals surface area contributed by atoms with Crippen LogP contribution in [0.2, 0.25) is 0 Å². The van der Waals surface area contributed by atoms with E-state index in [-0.39, 0.29) is 13.2 Å². The van der Waals surface area contributed by atoms with Gasteiger partial charge in [-0.25, -0.2) is 4.79 Å². The summed E-state index contributed by atoms with van der Waals surface area (Å²) in [4.78, 5) is 22.2. The Bertz CT molecular complexity index is 489. The third-order valence-corrected chi connectivity index (χ3v) is 2.88. The molecule has 0 unspecified atom stereocenters. The monoisotopic (exact) mass is 308 g/mol. The van der Waals surface area contributed by atoms with E-state index in [2.05, 4.69) is 19.2 Å². The molecule has 0 spiro atoms. The zero-order valence-electron chi connectivity index (χ0n) is 13.1. The van der Waals surface area contributed by atoms with Crippen LogP contribution in [-0.2, 0) is 16.1 Å². The Balaban J connectivity index is 2.30. The average Bonchev–Trinajstić information content (AvgIpc) is 2.48. The number of primary amides is 1. The van der Waals surface area contributed by atoms with E-state index < -0.39 is 12.0 Å². The highest BCUT2D eigenvalue weighted by Crippen LogP contribution is 2.14. The number of nitrogens with two attached hydrogens (primary N) is 1. The van der Waals surface area contributed by atoms with Gasteiger partial charge >= 0.3 is 6.09 Å². The van der Waals surface area contributed by atoms with Gasteiger partial charge in [-0.1, -0.05) is 26.0 Å². The highest BCUT2D eigenvalue weighted by molar-refractivity contribution is 5.75. The van der Waals surface area contributed by atoms with E-state index in [0.29, 0.717) is 18.2 Å². The predicted molar refractivity (Wildman–Crippen MR) is 83.4 cm³/mol. The SMILES string of the molecule is CC(C)CCCNC(=O)OCc1cccc(OCC(N)=O)c1. The number of hydrogen-bond acceptors (Lipinski definition) is 4. The fourth-order valence-corrected chi connectivity index (χ4v) is 1.78.